The molecule has 1 aromatic rings. The zero-order chi connectivity index (χ0) is 12.5. The van der Waals surface area contributed by atoms with Crippen molar-refractivity contribution >= 4 is 28.2 Å². The Morgan fingerprint density at radius 2 is 1.94 bits per heavy atom. The van der Waals surface area contributed by atoms with Gasteiger partial charge < -0.3 is 15.4 Å². The molecule has 0 aromatic carbocycles. The fourth-order valence-electron chi connectivity index (χ4n) is 1.31. The summed E-state index contributed by atoms with van der Waals surface area (Å²) in [6.07, 6.45) is 0. The topological polar surface area (TPSA) is 72.6 Å². The Hall–Kier alpha value is -1.56. The molecule has 0 saturated carbocycles. The number of rotatable bonds is 2. The lowest BCUT2D eigenvalue weighted by atomic mass is 10.1. The van der Waals surface area contributed by atoms with Crippen LogP contribution in [0.4, 0.5) is 5.00 Å². The first kappa shape index (κ1) is 12.5. The highest BCUT2D eigenvalue weighted by Crippen LogP contribution is 2.31. The van der Waals surface area contributed by atoms with E-state index in [1.807, 2.05) is 0 Å². The van der Waals surface area contributed by atoms with Crippen LogP contribution in [0.15, 0.2) is 0 Å². The van der Waals surface area contributed by atoms with Gasteiger partial charge in [0, 0.05) is 14.1 Å². The van der Waals surface area contributed by atoms with E-state index in [2.05, 4.69) is 4.74 Å². The molecule has 88 valence electrons. The first-order valence-electron chi connectivity index (χ1n) is 4.59. The fraction of sp³-hybridized carbons (Fsp3) is 0.400. The Kier molecular flexibility index (Phi) is 3.54. The van der Waals surface area contributed by atoms with E-state index in [-0.39, 0.29) is 5.91 Å². The molecule has 0 aliphatic rings. The van der Waals surface area contributed by atoms with Crippen molar-refractivity contribution in [1.82, 2.24) is 4.90 Å². The molecule has 0 aliphatic heterocycles. The number of nitrogens with two attached hydrogens (primary N) is 1. The maximum absolute atomic E-state index is 11.8. The highest BCUT2D eigenvalue weighted by molar-refractivity contribution is 7.18. The van der Waals surface area contributed by atoms with Crippen LogP contribution in [0.5, 0.6) is 0 Å². The molecule has 5 nitrogen and oxygen atoms in total. The molecule has 1 amide bonds. The Balaban J connectivity index is 3.27. The van der Waals surface area contributed by atoms with Crippen molar-refractivity contribution in [3.8, 4) is 0 Å². The maximum atomic E-state index is 11.8. The minimum atomic E-state index is -0.466. The summed E-state index contributed by atoms with van der Waals surface area (Å²) >= 11 is 1.08. The predicted octanol–water partition coefficient (Wildman–Crippen LogP) is 1.13. The molecule has 0 radical (unpaired) electrons. The summed E-state index contributed by atoms with van der Waals surface area (Å²) in [5.74, 6) is -0.673. The number of nitrogens with zero attached hydrogens (tertiary/aromatic N) is 1. The SMILES string of the molecule is COC(=O)c1sc(N)c(C(=O)N(C)C)c1C. The van der Waals surface area contributed by atoms with Crippen molar-refractivity contribution in [2.24, 2.45) is 0 Å². The van der Waals surface area contributed by atoms with E-state index in [1.54, 1.807) is 21.0 Å². The number of amides is 1. The minimum absolute atomic E-state index is 0.207. The Morgan fingerprint density at radius 3 is 2.38 bits per heavy atom. The van der Waals surface area contributed by atoms with E-state index in [4.69, 9.17) is 5.73 Å². The smallest absolute Gasteiger partial charge is 0.348 e. The average molecular weight is 242 g/mol. The molecule has 0 unspecified atom stereocenters. The summed E-state index contributed by atoms with van der Waals surface area (Å²) in [4.78, 5) is 25.0. The van der Waals surface area contributed by atoms with Crippen LogP contribution in [0.3, 0.4) is 0 Å². The molecule has 0 spiro atoms. The van der Waals surface area contributed by atoms with Gasteiger partial charge in [-0.05, 0) is 12.5 Å². The molecule has 0 atom stereocenters. The zero-order valence-corrected chi connectivity index (χ0v) is 10.5. The van der Waals surface area contributed by atoms with Gasteiger partial charge in [0.1, 0.15) is 4.88 Å². The summed E-state index contributed by atoms with van der Waals surface area (Å²) in [5, 5.41) is 0.344. The summed E-state index contributed by atoms with van der Waals surface area (Å²) in [6, 6.07) is 0. The molecule has 1 rings (SSSR count). The van der Waals surface area contributed by atoms with Gasteiger partial charge in [-0.25, -0.2) is 4.79 Å². The van der Waals surface area contributed by atoms with Crippen LogP contribution in [-0.4, -0.2) is 38.0 Å². The molecule has 1 aromatic heterocycles. The Labute approximate surface area is 97.8 Å². The Morgan fingerprint density at radius 1 is 1.38 bits per heavy atom. The standard InChI is InChI=1S/C10H14N2O3S/c1-5-6(9(13)12(2)3)8(11)16-7(5)10(14)15-4/h11H2,1-4H3. The van der Waals surface area contributed by atoms with Crippen LogP contribution in [0.2, 0.25) is 0 Å². The van der Waals surface area contributed by atoms with Gasteiger partial charge in [0.25, 0.3) is 5.91 Å². The van der Waals surface area contributed by atoms with Crippen molar-refractivity contribution in [2.75, 3.05) is 26.9 Å². The van der Waals surface area contributed by atoms with E-state index in [1.165, 1.54) is 12.0 Å². The van der Waals surface area contributed by atoms with Gasteiger partial charge in [0.2, 0.25) is 0 Å². The highest BCUT2D eigenvalue weighted by atomic mass is 32.1. The molecular formula is C10H14N2O3S. The van der Waals surface area contributed by atoms with Crippen LogP contribution in [-0.2, 0) is 4.74 Å². The lowest BCUT2D eigenvalue weighted by Gasteiger charge is -2.10. The molecule has 16 heavy (non-hydrogen) atoms. The number of esters is 1. The van der Waals surface area contributed by atoms with Crippen LogP contribution in [0.25, 0.3) is 0 Å². The molecule has 1 heterocycles. The van der Waals surface area contributed by atoms with Gasteiger partial charge in [0.05, 0.1) is 17.7 Å². The fourth-order valence-corrected chi connectivity index (χ4v) is 2.30. The minimum Gasteiger partial charge on any atom is -0.465 e. The lowest BCUT2D eigenvalue weighted by Crippen LogP contribution is -2.23. The zero-order valence-electron chi connectivity index (χ0n) is 9.66. The largest absolute Gasteiger partial charge is 0.465 e. The monoisotopic (exact) mass is 242 g/mol. The van der Waals surface area contributed by atoms with E-state index >= 15 is 0 Å². The van der Waals surface area contributed by atoms with Gasteiger partial charge in [-0.15, -0.1) is 11.3 Å². The van der Waals surface area contributed by atoms with Crippen molar-refractivity contribution in [2.45, 2.75) is 6.92 Å². The number of thiophene rings is 1. The summed E-state index contributed by atoms with van der Waals surface area (Å²) in [5.41, 5.74) is 6.70. The van der Waals surface area contributed by atoms with Crippen LogP contribution < -0.4 is 5.73 Å². The number of nitrogen functional groups attached to an aromatic ring is 1. The van der Waals surface area contributed by atoms with Crippen molar-refractivity contribution in [3.05, 3.63) is 16.0 Å². The van der Waals surface area contributed by atoms with Gasteiger partial charge in [0.15, 0.2) is 0 Å². The summed E-state index contributed by atoms with van der Waals surface area (Å²) < 4.78 is 4.62. The van der Waals surface area contributed by atoms with E-state index in [0.717, 1.165) is 11.3 Å². The molecule has 0 saturated heterocycles. The van der Waals surface area contributed by atoms with Gasteiger partial charge in [-0.3, -0.25) is 4.79 Å². The molecule has 0 aliphatic carbocycles. The normalized spacial score (nSPS) is 10.0. The summed E-state index contributed by atoms with van der Waals surface area (Å²) in [6.45, 7) is 1.69. The average Bonchev–Trinajstić information content (AvgIpc) is 2.52. The van der Waals surface area contributed by atoms with E-state index in [0.29, 0.717) is 21.0 Å². The van der Waals surface area contributed by atoms with Gasteiger partial charge in [-0.1, -0.05) is 0 Å². The first-order valence-corrected chi connectivity index (χ1v) is 5.40. The van der Waals surface area contributed by atoms with Gasteiger partial charge >= 0.3 is 5.97 Å². The maximum Gasteiger partial charge on any atom is 0.348 e. The highest BCUT2D eigenvalue weighted by Gasteiger charge is 2.24. The van der Waals surface area contributed by atoms with Crippen LogP contribution in [0.1, 0.15) is 25.6 Å². The predicted molar refractivity (Wildman–Crippen MR) is 62.8 cm³/mol. The third-order valence-electron chi connectivity index (χ3n) is 2.16. The number of hydrogen-bond donors (Lipinski definition) is 1. The summed E-state index contributed by atoms with van der Waals surface area (Å²) in [7, 11) is 4.57. The molecule has 0 fully saturated rings. The third kappa shape index (κ3) is 2.01. The Bertz CT molecular complexity index is 438. The van der Waals surface area contributed by atoms with Crippen molar-refractivity contribution < 1.29 is 14.3 Å². The third-order valence-corrected chi connectivity index (χ3v) is 3.27. The molecule has 6 heteroatoms. The number of carbonyl (C=O) groups is 2. The first-order chi connectivity index (χ1) is 7.40. The number of carbonyl (C=O) groups excluding carboxylic acids is 2. The van der Waals surface area contributed by atoms with Crippen molar-refractivity contribution in [1.29, 1.82) is 0 Å². The molecular weight excluding hydrogens is 228 g/mol. The second kappa shape index (κ2) is 4.52. The van der Waals surface area contributed by atoms with Crippen LogP contribution in [0, 0.1) is 6.92 Å². The molecule has 0 bridgehead atoms. The van der Waals surface area contributed by atoms with Crippen molar-refractivity contribution in [3.63, 3.8) is 0 Å². The second-order valence-corrected chi connectivity index (χ2v) is 4.54. The number of hydrogen-bond acceptors (Lipinski definition) is 5. The quantitative estimate of drug-likeness (QED) is 0.789. The second-order valence-electron chi connectivity index (χ2n) is 3.49. The number of ether oxygens (including phenoxy) is 1. The van der Waals surface area contributed by atoms with E-state index < -0.39 is 5.97 Å². The van der Waals surface area contributed by atoms with E-state index in [9.17, 15) is 9.59 Å². The number of methoxy groups -OCH3 is 1. The lowest BCUT2D eigenvalue weighted by molar-refractivity contribution is 0.0605. The van der Waals surface area contributed by atoms with Gasteiger partial charge in [-0.2, -0.15) is 0 Å². The van der Waals surface area contributed by atoms with Crippen LogP contribution >= 0.6 is 11.3 Å². The molecule has 2 N–H and O–H groups in total. The number of anilines is 1.